The number of imide groups is 1. The molecule has 0 bridgehead atoms. The molecule has 0 spiro atoms. The minimum atomic E-state index is -0.596. The van der Waals surface area contributed by atoms with Gasteiger partial charge in [0, 0.05) is 19.5 Å². The second-order valence-corrected chi connectivity index (χ2v) is 5.21. The minimum absolute atomic E-state index is 0.253. The number of hydrogen-bond acceptors (Lipinski definition) is 4. The highest BCUT2D eigenvalue weighted by Gasteiger charge is 2.31. The average molecular weight is 289 g/mol. The highest BCUT2D eigenvalue weighted by atomic mass is 16.2. The van der Waals surface area contributed by atoms with Crippen LogP contribution in [0.15, 0.2) is 18.2 Å². The summed E-state index contributed by atoms with van der Waals surface area (Å²) in [6.45, 7) is 2.70. The van der Waals surface area contributed by atoms with Gasteiger partial charge in [-0.25, -0.2) is 0 Å². The maximum atomic E-state index is 11.9. The number of nitrogens with two attached hydrogens (primary N) is 1. The molecule has 3 N–H and O–H groups in total. The molecule has 0 aromatic heterocycles. The van der Waals surface area contributed by atoms with E-state index < -0.39 is 11.9 Å². The number of rotatable bonds is 5. The van der Waals surface area contributed by atoms with Crippen molar-refractivity contribution in [2.75, 3.05) is 0 Å². The molecule has 1 unspecified atom stereocenters. The number of carbonyl (C=O) groups is 3. The Morgan fingerprint density at radius 1 is 1.43 bits per heavy atom. The molecule has 1 atom stereocenters. The number of benzene rings is 1. The summed E-state index contributed by atoms with van der Waals surface area (Å²) in [4.78, 5) is 35.8. The Balaban J connectivity index is 2.17. The first kappa shape index (κ1) is 15.2. The fourth-order valence-electron chi connectivity index (χ4n) is 2.44. The van der Waals surface area contributed by atoms with Crippen molar-refractivity contribution in [3.63, 3.8) is 0 Å². The fraction of sp³-hybridized carbons (Fsp3) is 0.400. The Morgan fingerprint density at radius 2 is 2.19 bits per heavy atom. The molecule has 0 aliphatic carbocycles. The van der Waals surface area contributed by atoms with Gasteiger partial charge in [0.2, 0.25) is 18.2 Å². The van der Waals surface area contributed by atoms with Crippen LogP contribution in [0.2, 0.25) is 0 Å². The summed E-state index contributed by atoms with van der Waals surface area (Å²) in [6.07, 6.45) is 1.27. The highest BCUT2D eigenvalue weighted by molar-refractivity contribution is 6.00. The predicted octanol–water partition coefficient (Wildman–Crippen LogP) is 0.217. The average Bonchev–Trinajstić information content (AvgIpc) is 2.47. The third-order valence-corrected chi connectivity index (χ3v) is 3.75. The summed E-state index contributed by atoms with van der Waals surface area (Å²) >= 11 is 0. The van der Waals surface area contributed by atoms with Gasteiger partial charge in [-0.3, -0.25) is 19.7 Å². The van der Waals surface area contributed by atoms with E-state index in [4.69, 9.17) is 5.73 Å². The molecular formula is C15H19N3O3. The van der Waals surface area contributed by atoms with E-state index in [0.717, 1.165) is 16.7 Å². The van der Waals surface area contributed by atoms with Gasteiger partial charge in [-0.1, -0.05) is 18.2 Å². The molecule has 1 heterocycles. The van der Waals surface area contributed by atoms with Crippen molar-refractivity contribution in [2.45, 2.75) is 38.9 Å². The largest absolute Gasteiger partial charge is 0.329 e. The minimum Gasteiger partial charge on any atom is -0.329 e. The van der Waals surface area contributed by atoms with Crippen molar-refractivity contribution in [3.8, 4) is 0 Å². The number of piperidine rings is 1. The summed E-state index contributed by atoms with van der Waals surface area (Å²) in [5.74, 6) is -0.700. The van der Waals surface area contributed by atoms with Crippen molar-refractivity contribution in [2.24, 2.45) is 5.73 Å². The van der Waals surface area contributed by atoms with Crippen LogP contribution < -0.4 is 11.1 Å². The van der Waals surface area contributed by atoms with Crippen molar-refractivity contribution in [1.82, 2.24) is 10.2 Å². The summed E-state index contributed by atoms with van der Waals surface area (Å²) in [6, 6.07) is 5.24. The summed E-state index contributed by atoms with van der Waals surface area (Å²) in [7, 11) is 0. The molecule has 3 amide bonds. The first-order valence-corrected chi connectivity index (χ1v) is 6.88. The number of nitrogens with one attached hydrogen (secondary N) is 1. The van der Waals surface area contributed by atoms with Gasteiger partial charge in [0.25, 0.3) is 0 Å². The van der Waals surface area contributed by atoms with Gasteiger partial charge in [0.05, 0.1) is 0 Å². The second kappa shape index (κ2) is 6.49. The van der Waals surface area contributed by atoms with Crippen LogP contribution in [0.4, 0.5) is 0 Å². The highest BCUT2D eigenvalue weighted by Crippen LogP contribution is 2.17. The summed E-state index contributed by atoms with van der Waals surface area (Å²) < 4.78 is 0. The van der Waals surface area contributed by atoms with E-state index in [1.54, 1.807) is 0 Å². The molecule has 1 aliphatic heterocycles. The van der Waals surface area contributed by atoms with Crippen LogP contribution in [0.5, 0.6) is 0 Å². The monoisotopic (exact) mass is 289 g/mol. The van der Waals surface area contributed by atoms with E-state index in [0.29, 0.717) is 25.9 Å². The molecule has 1 aromatic carbocycles. The van der Waals surface area contributed by atoms with Gasteiger partial charge < -0.3 is 10.6 Å². The fourth-order valence-corrected chi connectivity index (χ4v) is 2.44. The van der Waals surface area contributed by atoms with E-state index >= 15 is 0 Å². The van der Waals surface area contributed by atoms with Crippen molar-refractivity contribution in [1.29, 1.82) is 0 Å². The third-order valence-electron chi connectivity index (χ3n) is 3.75. The Morgan fingerprint density at radius 3 is 2.81 bits per heavy atom. The quantitative estimate of drug-likeness (QED) is 0.599. The predicted molar refractivity (Wildman–Crippen MR) is 76.8 cm³/mol. The van der Waals surface area contributed by atoms with Crippen molar-refractivity contribution >= 4 is 18.2 Å². The zero-order valence-corrected chi connectivity index (χ0v) is 12.0. The van der Waals surface area contributed by atoms with Gasteiger partial charge in [0.1, 0.15) is 6.04 Å². The molecule has 0 radical (unpaired) electrons. The number of hydrogen-bond donors (Lipinski definition) is 2. The SMILES string of the molecule is Cc1ccc(CN)cc1CN(C=O)C1CCC(=O)NC1=O. The molecule has 1 aromatic rings. The van der Waals surface area contributed by atoms with Gasteiger partial charge in [-0.2, -0.15) is 0 Å². The lowest BCUT2D eigenvalue weighted by Gasteiger charge is -2.30. The van der Waals surface area contributed by atoms with E-state index in [1.807, 2.05) is 25.1 Å². The van der Waals surface area contributed by atoms with Crippen molar-refractivity contribution < 1.29 is 14.4 Å². The molecule has 6 heteroatoms. The van der Waals surface area contributed by atoms with Crippen LogP contribution in [0.25, 0.3) is 0 Å². The van der Waals surface area contributed by atoms with Crippen LogP contribution in [-0.2, 0) is 27.5 Å². The molecule has 1 aliphatic rings. The normalized spacial score (nSPS) is 18.3. The number of nitrogens with zero attached hydrogens (tertiary/aromatic N) is 1. The maximum Gasteiger partial charge on any atom is 0.249 e. The lowest BCUT2D eigenvalue weighted by atomic mass is 10.0. The summed E-state index contributed by atoms with van der Waals surface area (Å²) in [5.41, 5.74) is 8.59. The number of carbonyl (C=O) groups excluding carboxylic acids is 3. The van der Waals surface area contributed by atoms with Gasteiger partial charge in [-0.15, -0.1) is 0 Å². The first-order valence-electron chi connectivity index (χ1n) is 6.88. The zero-order valence-electron chi connectivity index (χ0n) is 12.0. The second-order valence-electron chi connectivity index (χ2n) is 5.21. The third kappa shape index (κ3) is 3.46. The molecule has 112 valence electrons. The molecule has 1 fully saturated rings. The van der Waals surface area contributed by atoms with Crippen LogP contribution in [0.1, 0.15) is 29.5 Å². The Hall–Kier alpha value is -2.21. The lowest BCUT2D eigenvalue weighted by molar-refractivity contribution is -0.141. The van der Waals surface area contributed by atoms with E-state index in [2.05, 4.69) is 5.32 Å². The standard InChI is InChI=1S/C15H19N3O3/c1-10-2-3-11(7-16)6-12(10)8-18(9-19)13-4-5-14(20)17-15(13)21/h2-3,6,9,13H,4-5,7-8,16H2,1H3,(H,17,20,21). The van der Waals surface area contributed by atoms with Crippen LogP contribution >= 0.6 is 0 Å². The Bertz CT molecular complexity index is 571. The zero-order chi connectivity index (χ0) is 15.4. The van der Waals surface area contributed by atoms with Crippen LogP contribution in [0, 0.1) is 6.92 Å². The van der Waals surface area contributed by atoms with E-state index in [9.17, 15) is 14.4 Å². The van der Waals surface area contributed by atoms with Gasteiger partial charge in [0.15, 0.2) is 0 Å². The van der Waals surface area contributed by atoms with E-state index in [1.165, 1.54) is 4.90 Å². The molecule has 2 rings (SSSR count). The first-order chi connectivity index (χ1) is 10.0. The number of amides is 3. The molecule has 0 saturated carbocycles. The molecule has 1 saturated heterocycles. The Labute approximate surface area is 123 Å². The molecule has 21 heavy (non-hydrogen) atoms. The van der Waals surface area contributed by atoms with Gasteiger partial charge in [-0.05, 0) is 30.0 Å². The summed E-state index contributed by atoms with van der Waals surface area (Å²) in [5, 5.41) is 2.27. The Kier molecular flexibility index (Phi) is 4.70. The lowest BCUT2D eigenvalue weighted by Crippen LogP contribution is -2.51. The topological polar surface area (TPSA) is 92.5 Å². The molecular weight excluding hydrogens is 270 g/mol. The van der Waals surface area contributed by atoms with Crippen molar-refractivity contribution in [3.05, 3.63) is 34.9 Å². The maximum absolute atomic E-state index is 11.9. The van der Waals surface area contributed by atoms with E-state index in [-0.39, 0.29) is 12.3 Å². The van der Waals surface area contributed by atoms with Crippen LogP contribution in [0.3, 0.4) is 0 Å². The smallest absolute Gasteiger partial charge is 0.249 e. The number of aryl methyl sites for hydroxylation is 1. The molecule has 6 nitrogen and oxygen atoms in total. The van der Waals surface area contributed by atoms with Crippen LogP contribution in [-0.4, -0.2) is 29.2 Å². The van der Waals surface area contributed by atoms with Gasteiger partial charge >= 0.3 is 0 Å².